The minimum atomic E-state index is -0.0568. The molecule has 3 N–H and O–H groups in total. The van der Waals surface area contributed by atoms with E-state index in [1.807, 2.05) is 23.1 Å². The highest BCUT2D eigenvalue weighted by Gasteiger charge is 2.26. The summed E-state index contributed by atoms with van der Waals surface area (Å²) in [6.45, 7) is 3.11. The summed E-state index contributed by atoms with van der Waals surface area (Å²) in [5, 5.41) is 2.77. The molecule has 2 atom stereocenters. The molecule has 1 aromatic carbocycles. The fourth-order valence-corrected chi connectivity index (χ4v) is 3.77. The summed E-state index contributed by atoms with van der Waals surface area (Å²) in [5.74, 6) is 0.208. The summed E-state index contributed by atoms with van der Waals surface area (Å²) >= 11 is 0. The lowest BCUT2D eigenvalue weighted by Crippen LogP contribution is -2.51. The van der Waals surface area contributed by atoms with Crippen LogP contribution in [0.15, 0.2) is 30.3 Å². The lowest BCUT2D eigenvalue weighted by molar-refractivity contribution is -0.133. The average Bonchev–Trinajstić information content (AvgIpc) is 3.05. The van der Waals surface area contributed by atoms with E-state index in [9.17, 15) is 9.59 Å². The van der Waals surface area contributed by atoms with Crippen LogP contribution < -0.4 is 16.0 Å². The van der Waals surface area contributed by atoms with Gasteiger partial charge in [-0.25, -0.2) is 0 Å². The summed E-state index contributed by atoms with van der Waals surface area (Å²) in [7, 11) is 0. The zero-order valence-electron chi connectivity index (χ0n) is 14.7. The van der Waals surface area contributed by atoms with Gasteiger partial charge in [0.15, 0.2) is 0 Å². The minimum absolute atomic E-state index is 0.00298. The summed E-state index contributed by atoms with van der Waals surface area (Å²) in [5.41, 5.74) is 7.19. The summed E-state index contributed by atoms with van der Waals surface area (Å²) in [6.07, 6.45) is 3.56. The molecule has 1 heterocycles. The van der Waals surface area contributed by atoms with Crippen molar-refractivity contribution in [2.24, 2.45) is 11.7 Å². The minimum Gasteiger partial charge on any atom is -0.368 e. The number of nitrogens with zero attached hydrogens (tertiary/aromatic N) is 2. The van der Waals surface area contributed by atoms with Crippen molar-refractivity contribution in [2.45, 2.75) is 31.7 Å². The highest BCUT2D eigenvalue weighted by molar-refractivity contribution is 5.85. The predicted molar refractivity (Wildman–Crippen MR) is 98.2 cm³/mol. The zero-order chi connectivity index (χ0) is 17.6. The molecule has 25 heavy (non-hydrogen) atoms. The van der Waals surface area contributed by atoms with Crippen molar-refractivity contribution in [3.63, 3.8) is 0 Å². The maximum Gasteiger partial charge on any atom is 0.242 e. The van der Waals surface area contributed by atoms with Gasteiger partial charge in [-0.1, -0.05) is 24.6 Å². The largest absolute Gasteiger partial charge is 0.368 e. The van der Waals surface area contributed by atoms with Crippen LogP contribution in [0.2, 0.25) is 0 Å². The number of hydrogen-bond donors (Lipinski definition) is 2. The van der Waals surface area contributed by atoms with Gasteiger partial charge in [0.25, 0.3) is 0 Å². The summed E-state index contributed by atoms with van der Waals surface area (Å²) < 4.78 is 0. The first-order chi connectivity index (χ1) is 12.1. The molecule has 1 aromatic rings. The van der Waals surface area contributed by atoms with Crippen LogP contribution in [0.5, 0.6) is 0 Å². The maximum absolute atomic E-state index is 12.3. The van der Waals surface area contributed by atoms with Crippen molar-refractivity contribution in [3.8, 4) is 0 Å². The van der Waals surface area contributed by atoms with E-state index in [0.29, 0.717) is 19.5 Å². The molecule has 6 nitrogen and oxygen atoms in total. The molecule has 2 fully saturated rings. The second-order valence-electron chi connectivity index (χ2n) is 7.04. The van der Waals surface area contributed by atoms with E-state index in [1.54, 1.807) is 0 Å². The lowest BCUT2D eigenvalue weighted by Gasteiger charge is -2.36. The van der Waals surface area contributed by atoms with Gasteiger partial charge in [-0.2, -0.15) is 0 Å². The molecule has 2 amide bonds. The van der Waals surface area contributed by atoms with E-state index < -0.39 is 0 Å². The van der Waals surface area contributed by atoms with Crippen LogP contribution in [0.3, 0.4) is 0 Å². The highest BCUT2D eigenvalue weighted by Crippen LogP contribution is 2.26. The predicted octanol–water partition coefficient (Wildman–Crippen LogP) is 0.969. The molecular weight excluding hydrogens is 316 g/mol. The van der Waals surface area contributed by atoms with E-state index in [0.717, 1.165) is 32.4 Å². The number of rotatable bonds is 5. The maximum atomic E-state index is 12.3. The molecule has 1 saturated carbocycles. The van der Waals surface area contributed by atoms with Crippen molar-refractivity contribution in [3.05, 3.63) is 30.3 Å². The zero-order valence-corrected chi connectivity index (χ0v) is 14.7. The van der Waals surface area contributed by atoms with Crippen molar-refractivity contribution >= 4 is 17.5 Å². The van der Waals surface area contributed by atoms with Gasteiger partial charge in [0.2, 0.25) is 11.8 Å². The van der Waals surface area contributed by atoms with E-state index in [2.05, 4.69) is 22.3 Å². The Bertz CT molecular complexity index is 584. The summed E-state index contributed by atoms with van der Waals surface area (Å²) in [6, 6.07) is 10.4. The number of para-hydroxylation sites is 1. The lowest BCUT2D eigenvalue weighted by atomic mass is 10.00. The number of amides is 2. The Kier molecular flexibility index (Phi) is 5.91. The van der Waals surface area contributed by atoms with E-state index >= 15 is 0 Å². The first kappa shape index (κ1) is 17.7. The Morgan fingerprint density at radius 3 is 2.44 bits per heavy atom. The van der Waals surface area contributed by atoms with Gasteiger partial charge in [0.1, 0.15) is 0 Å². The topological polar surface area (TPSA) is 78.7 Å². The van der Waals surface area contributed by atoms with Crippen LogP contribution in [-0.2, 0) is 9.59 Å². The molecular formula is C19H28N4O2. The first-order valence-electron chi connectivity index (χ1n) is 9.23. The van der Waals surface area contributed by atoms with Gasteiger partial charge < -0.3 is 20.9 Å². The monoisotopic (exact) mass is 344 g/mol. The van der Waals surface area contributed by atoms with E-state index in [4.69, 9.17) is 5.73 Å². The van der Waals surface area contributed by atoms with E-state index in [-0.39, 0.29) is 30.3 Å². The van der Waals surface area contributed by atoms with Crippen LogP contribution in [0.1, 0.15) is 25.7 Å². The highest BCUT2D eigenvalue weighted by atomic mass is 16.2. The van der Waals surface area contributed by atoms with Crippen LogP contribution in [-0.4, -0.2) is 55.5 Å². The van der Waals surface area contributed by atoms with Crippen LogP contribution in [0, 0.1) is 5.92 Å². The third kappa shape index (κ3) is 4.72. The molecule has 0 aromatic heterocycles. The van der Waals surface area contributed by atoms with Gasteiger partial charge in [0.05, 0.1) is 6.54 Å². The second kappa shape index (κ2) is 8.34. The van der Waals surface area contributed by atoms with Crippen molar-refractivity contribution in [1.82, 2.24) is 10.2 Å². The van der Waals surface area contributed by atoms with Crippen molar-refractivity contribution in [1.29, 1.82) is 0 Å². The normalized spacial score (nSPS) is 23.6. The van der Waals surface area contributed by atoms with Crippen molar-refractivity contribution < 1.29 is 9.59 Å². The molecule has 0 unspecified atom stereocenters. The van der Waals surface area contributed by atoms with Gasteiger partial charge in [-0.05, 0) is 30.9 Å². The number of carbonyl (C=O) groups excluding carboxylic acids is 2. The van der Waals surface area contributed by atoms with Crippen molar-refractivity contribution in [2.75, 3.05) is 37.6 Å². The molecule has 0 spiro atoms. The number of anilines is 1. The fourth-order valence-electron chi connectivity index (χ4n) is 3.77. The fraction of sp³-hybridized carbons (Fsp3) is 0.579. The number of nitrogens with two attached hydrogens (primary N) is 1. The SMILES string of the molecule is N[C@@H]1CCC[C@H]1CC(=O)NCC(=O)N1CCN(c2ccccc2)CC1. The average molecular weight is 344 g/mol. The molecule has 2 aliphatic rings. The molecule has 136 valence electrons. The Morgan fingerprint density at radius 2 is 1.80 bits per heavy atom. The van der Waals surface area contributed by atoms with Crippen LogP contribution >= 0.6 is 0 Å². The standard InChI is InChI=1S/C19H28N4O2/c20-17-8-4-5-15(17)13-18(24)21-14-19(25)23-11-9-22(10-12-23)16-6-2-1-3-7-16/h1-3,6-7,15,17H,4-5,8-14,20H2,(H,21,24)/t15-,17+/m0/s1. The smallest absolute Gasteiger partial charge is 0.242 e. The molecule has 0 bridgehead atoms. The second-order valence-corrected chi connectivity index (χ2v) is 7.04. The van der Waals surface area contributed by atoms with E-state index in [1.165, 1.54) is 5.69 Å². The molecule has 3 rings (SSSR count). The molecule has 1 saturated heterocycles. The number of carbonyl (C=O) groups is 2. The van der Waals surface area contributed by atoms with Gasteiger partial charge >= 0.3 is 0 Å². The molecule has 1 aliphatic heterocycles. The Hall–Kier alpha value is -2.08. The molecule has 0 radical (unpaired) electrons. The van der Waals surface area contributed by atoms with Crippen LogP contribution in [0.25, 0.3) is 0 Å². The Morgan fingerprint density at radius 1 is 1.08 bits per heavy atom. The number of nitrogens with one attached hydrogen (secondary N) is 1. The molecule has 1 aliphatic carbocycles. The number of piperazine rings is 1. The van der Waals surface area contributed by atoms with Crippen LogP contribution in [0.4, 0.5) is 5.69 Å². The first-order valence-corrected chi connectivity index (χ1v) is 9.23. The Balaban J connectivity index is 1.38. The summed E-state index contributed by atoms with van der Waals surface area (Å²) in [4.78, 5) is 28.5. The third-order valence-corrected chi connectivity index (χ3v) is 5.36. The van der Waals surface area contributed by atoms with Gasteiger partial charge in [0, 0.05) is 44.3 Å². The quantitative estimate of drug-likeness (QED) is 0.834. The van der Waals surface area contributed by atoms with Gasteiger partial charge in [-0.3, -0.25) is 9.59 Å². The number of hydrogen-bond acceptors (Lipinski definition) is 4. The number of benzene rings is 1. The third-order valence-electron chi connectivity index (χ3n) is 5.36. The Labute approximate surface area is 149 Å². The van der Waals surface area contributed by atoms with Gasteiger partial charge in [-0.15, -0.1) is 0 Å². The molecule has 6 heteroatoms.